The molecule has 3 aromatic carbocycles. The monoisotopic (exact) mass is 575 g/mol. The van der Waals surface area contributed by atoms with Crippen molar-refractivity contribution < 1.29 is 23.2 Å². The maximum atomic E-state index is 13.7. The molecule has 0 aromatic heterocycles. The first-order valence-electron chi connectivity index (χ1n) is 14.3. The SMILES string of the molecule is NC1CCC(NC(=O)c2ccc(N3CCCN(C(=O)c4cccc(F)c4)CC3)c(NC(=O)c3ccc(F)cc3)c2)CC1. The van der Waals surface area contributed by atoms with Gasteiger partial charge in [-0.3, -0.25) is 14.4 Å². The quantitative estimate of drug-likeness (QED) is 0.399. The highest BCUT2D eigenvalue weighted by Gasteiger charge is 2.25. The highest BCUT2D eigenvalue weighted by Crippen LogP contribution is 2.30. The number of hydrogen-bond donors (Lipinski definition) is 3. The summed E-state index contributed by atoms with van der Waals surface area (Å²) in [6.45, 7) is 1.95. The first-order chi connectivity index (χ1) is 20.3. The summed E-state index contributed by atoms with van der Waals surface area (Å²) < 4.78 is 27.2. The molecule has 5 rings (SSSR count). The smallest absolute Gasteiger partial charge is 0.255 e. The molecule has 1 saturated heterocycles. The summed E-state index contributed by atoms with van der Waals surface area (Å²) in [6.07, 6.45) is 4.00. The Morgan fingerprint density at radius 3 is 2.21 bits per heavy atom. The Bertz CT molecular complexity index is 1440. The lowest BCUT2D eigenvalue weighted by Gasteiger charge is -2.28. The zero-order chi connectivity index (χ0) is 29.6. The lowest BCUT2D eigenvalue weighted by atomic mass is 9.91. The highest BCUT2D eigenvalue weighted by atomic mass is 19.1. The lowest BCUT2D eigenvalue weighted by Crippen LogP contribution is -2.40. The van der Waals surface area contributed by atoms with Crippen molar-refractivity contribution in [1.29, 1.82) is 0 Å². The Kier molecular flexibility index (Phi) is 9.12. The Morgan fingerprint density at radius 2 is 1.48 bits per heavy atom. The number of benzene rings is 3. The second-order valence-corrected chi connectivity index (χ2v) is 10.9. The van der Waals surface area contributed by atoms with E-state index in [1.807, 2.05) is 0 Å². The van der Waals surface area contributed by atoms with Crippen LogP contribution in [0.25, 0.3) is 0 Å². The van der Waals surface area contributed by atoms with Crippen molar-refractivity contribution in [2.45, 2.75) is 44.2 Å². The van der Waals surface area contributed by atoms with Gasteiger partial charge in [-0.1, -0.05) is 6.07 Å². The fraction of sp³-hybridized carbons (Fsp3) is 0.344. The van der Waals surface area contributed by atoms with Crippen molar-refractivity contribution in [3.8, 4) is 0 Å². The van der Waals surface area contributed by atoms with Gasteiger partial charge in [-0.15, -0.1) is 0 Å². The van der Waals surface area contributed by atoms with Crippen LogP contribution in [0.3, 0.4) is 0 Å². The molecule has 1 saturated carbocycles. The number of carbonyl (C=O) groups is 3. The van der Waals surface area contributed by atoms with Crippen LogP contribution in [0.4, 0.5) is 20.2 Å². The number of anilines is 2. The number of carbonyl (C=O) groups excluding carboxylic acids is 3. The van der Waals surface area contributed by atoms with Gasteiger partial charge < -0.3 is 26.2 Å². The fourth-order valence-electron chi connectivity index (χ4n) is 5.55. The molecule has 220 valence electrons. The molecule has 4 N–H and O–H groups in total. The zero-order valence-electron chi connectivity index (χ0n) is 23.3. The third-order valence-corrected chi connectivity index (χ3v) is 7.92. The van der Waals surface area contributed by atoms with Crippen LogP contribution in [0, 0.1) is 11.6 Å². The largest absolute Gasteiger partial charge is 0.368 e. The molecule has 1 heterocycles. The Hall–Kier alpha value is -4.31. The molecular weight excluding hydrogens is 540 g/mol. The Labute approximate surface area is 243 Å². The topological polar surface area (TPSA) is 108 Å². The van der Waals surface area contributed by atoms with Gasteiger partial charge in [0, 0.05) is 55.0 Å². The van der Waals surface area contributed by atoms with Gasteiger partial charge in [0.2, 0.25) is 0 Å². The number of rotatable bonds is 6. The maximum Gasteiger partial charge on any atom is 0.255 e. The summed E-state index contributed by atoms with van der Waals surface area (Å²) in [7, 11) is 0. The molecular formula is C32H35F2N5O3. The van der Waals surface area contributed by atoms with Crippen molar-refractivity contribution in [3.63, 3.8) is 0 Å². The van der Waals surface area contributed by atoms with E-state index in [0.717, 1.165) is 25.7 Å². The van der Waals surface area contributed by atoms with Crippen LogP contribution in [0.2, 0.25) is 0 Å². The lowest BCUT2D eigenvalue weighted by molar-refractivity contribution is 0.0766. The normalized spacial score (nSPS) is 19.1. The molecule has 3 aromatic rings. The number of nitrogens with zero attached hydrogens (tertiary/aromatic N) is 2. The minimum Gasteiger partial charge on any atom is -0.368 e. The molecule has 1 aliphatic carbocycles. The first kappa shape index (κ1) is 29.2. The Balaban J connectivity index is 1.36. The third-order valence-electron chi connectivity index (χ3n) is 7.92. The van der Waals surface area contributed by atoms with Crippen LogP contribution >= 0.6 is 0 Å². The van der Waals surface area contributed by atoms with E-state index < -0.39 is 17.5 Å². The van der Waals surface area contributed by atoms with E-state index in [1.165, 1.54) is 42.5 Å². The molecule has 3 amide bonds. The van der Waals surface area contributed by atoms with Crippen molar-refractivity contribution in [2.24, 2.45) is 5.73 Å². The number of halogens is 2. The summed E-state index contributed by atoms with van der Waals surface area (Å²) in [5.41, 5.74) is 8.12. The molecule has 0 spiro atoms. The molecule has 2 fully saturated rings. The van der Waals surface area contributed by atoms with E-state index in [-0.39, 0.29) is 29.5 Å². The minimum absolute atomic E-state index is 0.0430. The van der Waals surface area contributed by atoms with Crippen LogP contribution < -0.4 is 21.3 Å². The van der Waals surface area contributed by atoms with Crippen LogP contribution in [0.15, 0.2) is 66.7 Å². The minimum atomic E-state index is -0.463. The average molecular weight is 576 g/mol. The van der Waals surface area contributed by atoms with Gasteiger partial charge in [-0.05, 0) is 92.8 Å². The van der Waals surface area contributed by atoms with Crippen LogP contribution in [-0.2, 0) is 0 Å². The van der Waals surface area contributed by atoms with E-state index in [4.69, 9.17) is 5.73 Å². The van der Waals surface area contributed by atoms with Gasteiger partial charge in [-0.25, -0.2) is 8.78 Å². The molecule has 1 aliphatic heterocycles. The molecule has 0 unspecified atom stereocenters. The molecule has 8 nitrogen and oxygen atoms in total. The molecule has 2 aliphatic rings. The maximum absolute atomic E-state index is 13.7. The average Bonchev–Trinajstić information content (AvgIpc) is 3.24. The van der Waals surface area contributed by atoms with E-state index in [9.17, 15) is 23.2 Å². The van der Waals surface area contributed by atoms with Gasteiger partial charge in [0.05, 0.1) is 11.4 Å². The van der Waals surface area contributed by atoms with E-state index >= 15 is 0 Å². The van der Waals surface area contributed by atoms with Gasteiger partial charge in [0.15, 0.2) is 0 Å². The highest BCUT2D eigenvalue weighted by molar-refractivity contribution is 6.07. The molecule has 10 heteroatoms. The van der Waals surface area contributed by atoms with E-state index in [1.54, 1.807) is 29.2 Å². The van der Waals surface area contributed by atoms with Crippen molar-refractivity contribution in [1.82, 2.24) is 10.2 Å². The number of nitrogens with two attached hydrogens (primary N) is 1. The molecule has 0 bridgehead atoms. The fourth-order valence-corrected chi connectivity index (χ4v) is 5.55. The summed E-state index contributed by atoms with van der Waals surface area (Å²) >= 11 is 0. The van der Waals surface area contributed by atoms with Crippen LogP contribution in [0.1, 0.15) is 63.2 Å². The summed E-state index contributed by atoms with van der Waals surface area (Å²) in [5.74, 6) is -1.82. The number of nitrogens with one attached hydrogen (secondary N) is 2. The predicted octanol–water partition coefficient (Wildman–Crippen LogP) is 4.57. The van der Waals surface area contributed by atoms with Gasteiger partial charge in [-0.2, -0.15) is 0 Å². The van der Waals surface area contributed by atoms with E-state index in [2.05, 4.69) is 15.5 Å². The van der Waals surface area contributed by atoms with Gasteiger partial charge in [0.25, 0.3) is 17.7 Å². The van der Waals surface area contributed by atoms with Crippen LogP contribution in [0.5, 0.6) is 0 Å². The van der Waals surface area contributed by atoms with E-state index in [0.29, 0.717) is 55.1 Å². The third kappa shape index (κ3) is 7.12. The van der Waals surface area contributed by atoms with Gasteiger partial charge >= 0.3 is 0 Å². The standard InChI is InChI=1S/C32H35F2N5O3/c33-24-8-5-21(6-9-24)30(40)37-28-20-22(31(41)36-27-12-10-26(35)11-13-27)7-14-29(28)38-15-2-16-39(18-17-38)32(42)23-3-1-4-25(34)19-23/h1,3-9,14,19-20,26-27H,2,10-13,15-18,35H2,(H,36,41)(H,37,40). The first-order valence-corrected chi connectivity index (χ1v) is 14.3. The Morgan fingerprint density at radius 1 is 0.738 bits per heavy atom. The second kappa shape index (κ2) is 13.1. The van der Waals surface area contributed by atoms with Crippen molar-refractivity contribution in [2.75, 3.05) is 36.4 Å². The predicted molar refractivity (Wildman–Crippen MR) is 158 cm³/mol. The zero-order valence-corrected chi connectivity index (χ0v) is 23.3. The molecule has 0 atom stereocenters. The van der Waals surface area contributed by atoms with Crippen molar-refractivity contribution >= 4 is 29.1 Å². The number of hydrogen-bond acceptors (Lipinski definition) is 5. The molecule has 0 radical (unpaired) electrons. The molecule has 42 heavy (non-hydrogen) atoms. The van der Waals surface area contributed by atoms with Crippen molar-refractivity contribution in [3.05, 3.63) is 95.1 Å². The second-order valence-electron chi connectivity index (χ2n) is 10.9. The van der Waals surface area contributed by atoms with Gasteiger partial charge in [0.1, 0.15) is 11.6 Å². The number of amides is 3. The summed E-state index contributed by atoms with van der Waals surface area (Å²) in [4.78, 5) is 43.1. The summed E-state index contributed by atoms with van der Waals surface area (Å²) in [6, 6.07) is 16.3. The van der Waals surface area contributed by atoms with Crippen LogP contribution in [-0.4, -0.2) is 60.9 Å². The summed E-state index contributed by atoms with van der Waals surface area (Å²) in [5, 5.41) is 6.00.